The van der Waals surface area contributed by atoms with Crippen LogP contribution in [0.15, 0.2) is 6.07 Å². The van der Waals surface area contributed by atoms with Crippen LogP contribution in [0, 0.1) is 6.92 Å². The fourth-order valence-electron chi connectivity index (χ4n) is 1.86. The number of hydrogen-bond donors (Lipinski definition) is 3. The number of H-pyrrole nitrogens is 1. The molecule has 0 bridgehead atoms. The van der Waals surface area contributed by atoms with Crippen LogP contribution < -0.4 is 11.5 Å². The topological polar surface area (TPSA) is 106 Å². The third kappa shape index (κ3) is 1.71. The molecule has 2 aromatic heterocycles. The SMILES string of the molecule is Cc1c(N)nc(N)nc1-c1cc(C2CC2)[nH]n1. The Hall–Kier alpha value is -2.11. The molecule has 2 aromatic rings. The summed E-state index contributed by atoms with van der Waals surface area (Å²) in [6.07, 6.45) is 2.46. The highest BCUT2D eigenvalue weighted by atomic mass is 15.1. The number of aromatic nitrogens is 4. The van der Waals surface area contributed by atoms with E-state index in [2.05, 4.69) is 20.2 Å². The van der Waals surface area contributed by atoms with Crippen molar-refractivity contribution in [2.75, 3.05) is 11.5 Å². The van der Waals surface area contributed by atoms with Crippen LogP contribution in [0.1, 0.15) is 30.0 Å². The van der Waals surface area contributed by atoms with E-state index in [0.717, 1.165) is 17.0 Å². The number of anilines is 2. The highest BCUT2D eigenvalue weighted by Crippen LogP contribution is 2.40. The zero-order valence-electron chi connectivity index (χ0n) is 9.57. The van der Waals surface area contributed by atoms with E-state index in [4.69, 9.17) is 11.5 Å². The summed E-state index contributed by atoms with van der Waals surface area (Å²) in [5, 5.41) is 7.30. The molecule has 17 heavy (non-hydrogen) atoms. The molecule has 0 aromatic carbocycles. The molecular weight excluding hydrogens is 216 g/mol. The van der Waals surface area contributed by atoms with Crippen molar-refractivity contribution in [3.8, 4) is 11.4 Å². The summed E-state index contributed by atoms with van der Waals surface area (Å²) >= 11 is 0. The summed E-state index contributed by atoms with van der Waals surface area (Å²) < 4.78 is 0. The summed E-state index contributed by atoms with van der Waals surface area (Å²) in [6, 6.07) is 2.02. The second-order valence-electron chi connectivity index (χ2n) is 4.42. The molecule has 5 N–H and O–H groups in total. The lowest BCUT2D eigenvalue weighted by Crippen LogP contribution is -2.04. The Balaban J connectivity index is 2.07. The van der Waals surface area contributed by atoms with Crippen LogP contribution in [-0.2, 0) is 0 Å². The third-order valence-electron chi connectivity index (χ3n) is 3.06. The molecule has 0 radical (unpaired) electrons. The molecule has 6 heteroatoms. The van der Waals surface area contributed by atoms with Crippen LogP contribution in [0.4, 0.5) is 11.8 Å². The van der Waals surface area contributed by atoms with Gasteiger partial charge in [-0.3, -0.25) is 5.10 Å². The van der Waals surface area contributed by atoms with Gasteiger partial charge in [0.1, 0.15) is 17.2 Å². The van der Waals surface area contributed by atoms with E-state index in [0.29, 0.717) is 17.4 Å². The molecule has 0 atom stereocenters. The van der Waals surface area contributed by atoms with Gasteiger partial charge in [0.15, 0.2) is 0 Å². The van der Waals surface area contributed by atoms with Crippen molar-refractivity contribution in [1.82, 2.24) is 20.2 Å². The standard InChI is InChI=1S/C11H14N6/c1-5-9(14-11(13)15-10(5)12)8-4-7(16-17-8)6-2-3-6/h4,6H,2-3H2,1H3,(H,16,17)(H4,12,13,14,15). The van der Waals surface area contributed by atoms with Gasteiger partial charge in [0.05, 0.1) is 0 Å². The van der Waals surface area contributed by atoms with Gasteiger partial charge in [-0.05, 0) is 25.8 Å². The van der Waals surface area contributed by atoms with E-state index < -0.39 is 0 Å². The second-order valence-corrected chi connectivity index (χ2v) is 4.42. The summed E-state index contributed by atoms with van der Waals surface area (Å²) in [7, 11) is 0. The number of rotatable bonds is 2. The highest BCUT2D eigenvalue weighted by Gasteiger charge is 2.26. The van der Waals surface area contributed by atoms with Crippen LogP contribution in [0.3, 0.4) is 0 Å². The maximum atomic E-state index is 5.77. The molecule has 1 fully saturated rings. The van der Waals surface area contributed by atoms with Gasteiger partial charge in [-0.2, -0.15) is 10.1 Å². The van der Waals surface area contributed by atoms with Gasteiger partial charge in [0.2, 0.25) is 5.95 Å². The number of hydrogen-bond acceptors (Lipinski definition) is 5. The Kier molecular flexibility index (Phi) is 2.04. The Morgan fingerprint density at radius 1 is 1.29 bits per heavy atom. The van der Waals surface area contributed by atoms with Crippen LogP contribution in [0.5, 0.6) is 0 Å². The first-order chi connectivity index (χ1) is 8.15. The molecule has 0 unspecified atom stereocenters. The van der Waals surface area contributed by atoms with Crippen molar-refractivity contribution in [1.29, 1.82) is 0 Å². The van der Waals surface area contributed by atoms with Gasteiger partial charge in [-0.25, -0.2) is 4.98 Å². The maximum absolute atomic E-state index is 5.77. The molecule has 2 heterocycles. The number of aromatic amines is 1. The number of nitrogens with two attached hydrogens (primary N) is 2. The lowest BCUT2D eigenvalue weighted by atomic mass is 10.1. The van der Waals surface area contributed by atoms with E-state index in [1.165, 1.54) is 12.8 Å². The Morgan fingerprint density at radius 2 is 2.06 bits per heavy atom. The molecule has 6 nitrogen and oxygen atoms in total. The Morgan fingerprint density at radius 3 is 2.76 bits per heavy atom. The summed E-state index contributed by atoms with van der Waals surface area (Å²) in [5.41, 5.74) is 14.8. The molecule has 1 aliphatic rings. The minimum atomic E-state index is 0.180. The van der Waals surface area contributed by atoms with Crippen molar-refractivity contribution in [3.63, 3.8) is 0 Å². The zero-order chi connectivity index (χ0) is 12.0. The molecule has 3 rings (SSSR count). The van der Waals surface area contributed by atoms with Crippen molar-refractivity contribution in [3.05, 3.63) is 17.3 Å². The van der Waals surface area contributed by atoms with Crippen LogP contribution in [0.25, 0.3) is 11.4 Å². The van der Waals surface area contributed by atoms with E-state index >= 15 is 0 Å². The van der Waals surface area contributed by atoms with Gasteiger partial charge in [-0.1, -0.05) is 0 Å². The molecule has 1 saturated carbocycles. The second kappa shape index (κ2) is 3.44. The Labute approximate surface area is 98.5 Å². The lowest BCUT2D eigenvalue weighted by Gasteiger charge is -2.04. The number of nitrogens with zero attached hydrogens (tertiary/aromatic N) is 3. The molecule has 0 amide bonds. The first-order valence-corrected chi connectivity index (χ1v) is 5.60. The fourth-order valence-corrected chi connectivity index (χ4v) is 1.86. The van der Waals surface area contributed by atoms with Crippen LogP contribution >= 0.6 is 0 Å². The first kappa shape index (κ1) is 10.1. The van der Waals surface area contributed by atoms with Gasteiger partial charge in [0, 0.05) is 17.2 Å². The lowest BCUT2D eigenvalue weighted by molar-refractivity contribution is 0.964. The van der Waals surface area contributed by atoms with E-state index in [1.54, 1.807) is 0 Å². The molecule has 0 aliphatic heterocycles. The first-order valence-electron chi connectivity index (χ1n) is 5.60. The van der Waals surface area contributed by atoms with Crippen molar-refractivity contribution in [2.24, 2.45) is 0 Å². The number of nitrogens with one attached hydrogen (secondary N) is 1. The number of nitrogen functional groups attached to an aromatic ring is 2. The average molecular weight is 230 g/mol. The normalized spacial score (nSPS) is 15.1. The monoisotopic (exact) mass is 230 g/mol. The summed E-state index contributed by atoms with van der Waals surface area (Å²) in [6.45, 7) is 1.87. The quantitative estimate of drug-likeness (QED) is 0.719. The van der Waals surface area contributed by atoms with Crippen molar-refractivity contribution in [2.45, 2.75) is 25.7 Å². The summed E-state index contributed by atoms with van der Waals surface area (Å²) in [4.78, 5) is 8.12. The maximum Gasteiger partial charge on any atom is 0.222 e. The van der Waals surface area contributed by atoms with E-state index in [9.17, 15) is 0 Å². The zero-order valence-corrected chi connectivity index (χ0v) is 9.57. The van der Waals surface area contributed by atoms with Crippen molar-refractivity contribution >= 4 is 11.8 Å². The smallest absolute Gasteiger partial charge is 0.222 e. The minimum absolute atomic E-state index is 0.180. The fraction of sp³-hybridized carbons (Fsp3) is 0.364. The summed E-state index contributed by atoms with van der Waals surface area (Å²) in [5.74, 6) is 1.22. The van der Waals surface area contributed by atoms with Gasteiger partial charge >= 0.3 is 0 Å². The Bertz CT molecular complexity index is 569. The van der Waals surface area contributed by atoms with Gasteiger partial charge < -0.3 is 11.5 Å². The minimum Gasteiger partial charge on any atom is -0.383 e. The third-order valence-corrected chi connectivity index (χ3v) is 3.06. The molecule has 88 valence electrons. The van der Waals surface area contributed by atoms with E-state index in [1.807, 2.05) is 13.0 Å². The van der Waals surface area contributed by atoms with Crippen molar-refractivity contribution < 1.29 is 0 Å². The van der Waals surface area contributed by atoms with E-state index in [-0.39, 0.29) is 5.95 Å². The predicted molar refractivity (Wildman–Crippen MR) is 65.2 cm³/mol. The molecule has 1 aliphatic carbocycles. The molecular formula is C11H14N6. The van der Waals surface area contributed by atoms with Crippen LogP contribution in [-0.4, -0.2) is 20.2 Å². The average Bonchev–Trinajstić information content (AvgIpc) is 3.02. The largest absolute Gasteiger partial charge is 0.383 e. The highest BCUT2D eigenvalue weighted by molar-refractivity contribution is 5.65. The molecule has 0 saturated heterocycles. The molecule has 0 spiro atoms. The van der Waals surface area contributed by atoms with Crippen LogP contribution in [0.2, 0.25) is 0 Å². The van der Waals surface area contributed by atoms with Gasteiger partial charge in [-0.15, -0.1) is 0 Å². The van der Waals surface area contributed by atoms with Gasteiger partial charge in [0.25, 0.3) is 0 Å². The predicted octanol–water partition coefficient (Wildman–Crippen LogP) is 1.22.